The van der Waals surface area contributed by atoms with Gasteiger partial charge in [0.25, 0.3) is 0 Å². The second kappa shape index (κ2) is 9.93. The van der Waals surface area contributed by atoms with Crippen molar-refractivity contribution >= 4 is 52.7 Å². The lowest BCUT2D eigenvalue weighted by molar-refractivity contribution is -0.116. The fraction of sp³-hybridized carbons (Fsp3) is 0.190. The molecule has 0 aliphatic carbocycles. The van der Waals surface area contributed by atoms with E-state index in [9.17, 15) is 4.79 Å². The molecule has 1 aromatic heterocycles. The molecule has 30 heavy (non-hydrogen) atoms. The van der Waals surface area contributed by atoms with Gasteiger partial charge in [-0.1, -0.05) is 41.4 Å². The van der Waals surface area contributed by atoms with Crippen molar-refractivity contribution in [3.63, 3.8) is 0 Å². The van der Waals surface area contributed by atoms with Crippen molar-refractivity contribution < 1.29 is 4.79 Å². The number of aryl methyl sites for hydroxylation is 1. The van der Waals surface area contributed by atoms with Gasteiger partial charge in [0.2, 0.25) is 5.91 Å². The van der Waals surface area contributed by atoms with Gasteiger partial charge < -0.3 is 10.6 Å². The summed E-state index contributed by atoms with van der Waals surface area (Å²) in [4.78, 5) is 12.5. The third kappa shape index (κ3) is 5.50. The van der Waals surface area contributed by atoms with Crippen LogP contribution in [0.2, 0.25) is 10.0 Å². The first-order chi connectivity index (χ1) is 14.4. The largest absolute Gasteiger partial charge is 0.378 e. The predicted octanol–water partition coefficient (Wildman–Crippen LogP) is 5.47. The van der Waals surface area contributed by atoms with Gasteiger partial charge in [0.15, 0.2) is 10.6 Å². The average molecular weight is 462 g/mol. The Hall–Kier alpha value is -2.61. The van der Waals surface area contributed by atoms with Gasteiger partial charge in [-0.2, -0.15) is 5.10 Å². The number of benzene rings is 2. The lowest BCUT2D eigenvalue weighted by Gasteiger charge is -2.08. The van der Waals surface area contributed by atoms with Crippen LogP contribution in [0.1, 0.15) is 11.4 Å². The number of halogens is 2. The molecule has 0 spiro atoms. The van der Waals surface area contributed by atoms with Gasteiger partial charge in [-0.05, 0) is 55.0 Å². The minimum Gasteiger partial charge on any atom is -0.378 e. The minimum absolute atomic E-state index is 0.0106. The molecule has 6 nitrogen and oxygen atoms in total. The molecular weight excluding hydrogens is 441 g/mol. The summed E-state index contributed by atoms with van der Waals surface area (Å²) in [5, 5.41) is 11.6. The highest BCUT2D eigenvalue weighted by Crippen LogP contribution is 2.25. The van der Waals surface area contributed by atoms with Crippen molar-refractivity contribution in [1.82, 2.24) is 14.3 Å². The predicted molar refractivity (Wildman–Crippen MR) is 125 cm³/mol. The van der Waals surface area contributed by atoms with Crippen LogP contribution in [0.5, 0.6) is 0 Å². The highest BCUT2D eigenvalue weighted by molar-refractivity contribution is 7.71. The number of nitrogens with one attached hydrogen (secondary N) is 2. The van der Waals surface area contributed by atoms with Gasteiger partial charge in [-0.25, -0.2) is 4.68 Å². The molecule has 156 valence electrons. The van der Waals surface area contributed by atoms with Crippen LogP contribution in [0, 0.1) is 11.7 Å². The number of anilines is 2. The number of aromatic nitrogens is 3. The van der Waals surface area contributed by atoms with E-state index in [0.29, 0.717) is 33.7 Å². The molecule has 0 bridgehead atoms. The first kappa shape index (κ1) is 22.1. The summed E-state index contributed by atoms with van der Waals surface area (Å²) in [6.45, 7) is 6.63. The topological polar surface area (TPSA) is 63.9 Å². The van der Waals surface area contributed by atoms with E-state index in [1.807, 2.05) is 41.8 Å². The molecule has 0 saturated heterocycles. The summed E-state index contributed by atoms with van der Waals surface area (Å²) in [7, 11) is 0. The molecule has 0 saturated carbocycles. The molecule has 0 aliphatic rings. The van der Waals surface area contributed by atoms with Gasteiger partial charge in [0.1, 0.15) is 6.54 Å². The summed E-state index contributed by atoms with van der Waals surface area (Å²) in [5.74, 6) is 0.471. The first-order valence-electron chi connectivity index (χ1n) is 9.20. The van der Waals surface area contributed by atoms with Crippen LogP contribution in [0.4, 0.5) is 11.4 Å². The molecule has 2 aromatic carbocycles. The first-order valence-corrected chi connectivity index (χ1v) is 10.4. The molecule has 0 atom stereocenters. The van der Waals surface area contributed by atoms with Crippen LogP contribution in [-0.4, -0.2) is 20.3 Å². The normalized spacial score (nSPS) is 10.6. The maximum absolute atomic E-state index is 12.5. The SMILES string of the molecule is C=CCn1c(CNc2ccc(Cl)c(Cl)c2)nn(CC(=O)Nc2cccc(C)c2)c1=S. The molecule has 9 heteroatoms. The number of nitrogens with zero attached hydrogens (tertiary/aromatic N) is 3. The third-order valence-electron chi connectivity index (χ3n) is 4.28. The Labute approximate surface area is 190 Å². The smallest absolute Gasteiger partial charge is 0.246 e. The third-order valence-corrected chi connectivity index (χ3v) is 5.45. The Morgan fingerprint density at radius 3 is 2.70 bits per heavy atom. The summed E-state index contributed by atoms with van der Waals surface area (Å²) < 4.78 is 3.78. The Morgan fingerprint density at radius 1 is 1.20 bits per heavy atom. The number of hydrogen-bond donors (Lipinski definition) is 2. The lowest BCUT2D eigenvalue weighted by atomic mass is 10.2. The van der Waals surface area contributed by atoms with E-state index in [0.717, 1.165) is 16.9 Å². The Balaban J connectivity index is 1.75. The molecule has 0 unspecified atom stereocenters. The standard InChI is InChI=1S/C21H21Cl2N5OS/c1-3-9-27-19(12-24-15-7-8-17(22)18(23)11-15)26-28(21(27)30)13-20(29)25-16-6-4-5-14(2)10-16/h3-8,10-11,24H,1,9,12-13H2,2H3,(H,25,29). The van der Waals surface area contributed by atoms with Crippen molar-refractivity contribution in [3.05, 3.63) is 81.3 Å². The second-order valence-electron chi connectivity index (χ2n) is 6.66. The van der Waals surface area contributed by atoms with Crippen molar-refractivity contribution in [2.45, 2.75) is 26.6 Å². The summed E-state index contributed by atoms with van der Waals surface area (Å²) in [5.41, 5.74) is 2.60. The molecule has 2 N–H and O–H groups in total. The van der Waals surface area contributed by atoms with E-state index in [1.165, 1.54) is 4.68 Å². The Bertz CT molecular complexity index is 1140. The summed E-state index contributed by atoms with van der Waals surface area (Å²) in [6.07, 6.45) is 1.73. The monoisotopic (exact) mass is 461 g/mol. The molecule has 3 rings (SSSR count). The van der Waals surface area contributed by atoms with Gasteiger partial charge in [-0.15, -0.1) is 6.58 Å². The van der Waals surface area contributed by atoms with Gasteiger partial charge in [0, 0.05) is 17.9 Å². The number of carbonyl (C=O) groups is 1. The maximum atomic E-state index is 12.5. The van der Waals surface area contributed by atoms with Crippen LogP contribution < -0.4 is 10.6 Å². The van der Waals surface area contributed by atoms with Crippen molar-refractivity contribution in [2.24, 2.45) is 0 Å². The number of rotatable bonds is 8. The zero-order chi connectivity index (χ0) is 21.7. The molecule has 0 radical (unpaired) electrons. The van der Waals surface area contributed by atoms with E-state index in [-0.39, 0.29) is 12.5 Å². The highest BCUT2D eigenvalue weighted by atomic mass is 35.5. The fourth-order valence-corrected chi connectivity index (χ4v) is 3.46. The van der Waals surface area contributed by atoms with Crippen LogP contribution in [0.25, 0.3) is 0 Å². The average Bonchev–Trinajstić information content (AvgIpc) is 2.98. The molecule has 0 aliphatic heterocycles. The van der Waals surface area contributed by atoms with Crippen molar-refractivity contribution in [1.29, 1.82) is 0 Å². The van der Waals surface area contributed by atoms with E-state index in [1.54, 1.807) is 18.2 Å². The van der Waals surface area contributed by atoms with Crippen LogP contribution in [0.3, 0.4) is 0 Å². The Kier molecular flexibility index (Phi) is 7.31. The molecule has 0 fully saturated rings. The number of carbonyl (C=O) groups excluding carboxylic acids is 1. The number of allylic oxidation sites excluding steroid dienone is 1. The minimum atomic E-state index is -0.205. The number of amides is 1. The molecule has 1 heterocycles. The van der Waals surface area contributed by atoms with Crippen LogP contribution >= 0.6 is 35.4 Å². The highest BCUT2D eigenvalue weighted by Gasteiger charge is 2.13. The summed E-state index contributed by atoms with van der Waals surface area (Å²) >= 11 is 17.5. The molecular formula is C21H21Cl2N5OS. The Morgan fingerprint density at radius 2 is 2.00 bits per heavy atom. The lowest BCUT2D eigenvalue weighted by Crippen LogP contribution is -2.20. The molecule has 3 aromatic rings. The number of hydrogen-bond acceptors (Lipinski definition) is 4. The molecule has 1 amide bonds. The quantitative estimate of drug-likeness (QED) is 0.345. The van der Waals surface area contributed by atoms with Gasteiger partial charge in [0.05, 0.1) is 16.6 Å². The van der Waals surface area contributed by atoms with E-state index in [4.69, 9.17) is 35.4 Å². The zero-order valence-electron chi connectivity index (χ0n) is 16.4. The van der Waals surface area contributed by atoms with E-state index < -0.39 is 0 Å². The zero-order valence-corrected chi connectivity index (χ0v) is 18.7. The van der Waals surface area contributed by atoms with Gasteiger partial charge in [-0.3, -0.25) is 9.36 Å². The van der Waals surface area contributed by atoms with Gasteiger partial charge >= 0.3 is 0 Å². The van der Waals surface area contributed by atoms with E-state index in [2.05, 4.69) is 22.3 Å². The second-order valence-corrected chi connectivity index (χ2v) is 7.84. The van der Waals surface area contributed by atoms with Crippen LogP contribution in [0.15, 0.2) is 55.1 Å². The van der Waals surface area contributed by atoms with Crippen LogP contribution in [-0.2, 0) is 24.4 Å². The summed E-state index contributed by atoms with van der Waals surface area (Å²) in [6, 6.07) is 12.9. The maximum Gasteiger partial charge on any atom is 0.246 e. The van der Waals surface area contributed by atoms with Crippen molar-refractivity contribution in [3.8, 4) is 0 Å². The van der Waals surface area contributed by atoms with E-state index >= 15 is 0 Å². The van der Waals surface area contributed by atoms with Crippen molar-refractivity contribution in [2.75, 3.05) is 10.6 Å². The fourth-order valence-electron chi connectivity index (χ4n) is 2.88.